The highest BCUT2D eigenvalue weighted by Gasteiger charge is 2.25. The molecule has 0 bridgehead atoms. The predicted octanol–water partition coefficient (Wildman–Crippen LogP) is 0.946. The van der Waals surface area contributed by atoms with Crippen LogP contribution in [0.3, 0.4) is 0 Å². The van der Waals surface area contributed by atoms with Crippen LogP contribution in [0.25, 0.3) is 0 Å². The number of carbonyl (C=O) groups is 2. The number of urea groups is 1. The first kappa shape index (κ1) is 10.3. The Morgan fingerprint density at radius 3 is 2.77 bits per heavy atom. The maximum absolute atomic E-state index is 11.4. The Labute approximate surface area is 82.2 Å². The highest BCUT2D eigenvalue weighted by atomic mass is 35.5. The van der Waals surface area contributed by atoms with Crippen LogP contribution in [-0.2, 0) is 4.79 Å². The van der Waals surface area contributed by atoms with Crippen LogP contribution in [0.15, 0.2) is 0 Å². The number of halogens is 1. The van der Waals surface area contributed by atoms with Gasteiger partial charge in [0.15, 0.2) is 0 Å². The summed E-state index contributed by atoms with van der Waals surface area (Å²) >= 11 is 5.26. The maximum atomic E-state index is 11.4. The SMILES string of the molecule is CC1CCCN1C(=O)NC(=O)CCl. The summed E-state index contributed by atoms with van der Waals surface area (Å²) in [6, 6.07) is -0.0984. The van der Waals surface area contributed by atoms with Crippen LogP contribution in [0.4, 0.5) is 4.79 Å². The van der Waals surface area contributed by atoms with Gasteiger partial charge in [-0.25, -0.2) is 4.79 Å². The van der Waals surface area contributed by atoms with Gasteiger partial charge in [-0.15, -0.1) is 11.6 Å². The molecule has 1 fully saturated rings. The third-order valence-electron chi connectivity index (χ3n) is 2.18. The summed E-state index contributed by atoms with van der Waals surface area (Å²) < 4.78 is 0. The number of hydrogen-bond acceptors (Lipinski definition) is 2. The lowest BCUT2D eigenvalue weighted by atomic mass is 10.2. The molecule has 0 radical (unpaired) electrons. The smallest absolute Gasteiger partial charge is 0.322 e. The number of likely N-dealkylation sites (tertiary alicyclic amines) is 1. The van der Waals surface area contributed by atoms with Gasteiger partial charge < -0.3 is 4.90 Å². The van der Waals surface area contributed by atoms with Crippen molar-refractivity contribution < 1.29 is 9.59 Å². The summed E-state index contributed by atoms with van der Waals surface area (Å²) in [7, 11) is 0. The molecular formula is C8H13ClN2O2. The van der Waals surface area contributed by atoms with Gasteiger partial charge in [0.05, 0.1) is 0 Å². The minimum absolute atomic E-state index is 0.173. The first-order chi connectivity index (χ1) is 6.15. The lowest BCUT2D eigenvalue weighted by Gasteiger charge is -2.20. The molecule has 13 heavy (non-hydrogen) atoms. The molecule has 1 unspecified atom stereocenters. The number of nitrogens with one attached hydrogen (secondary N) is 1. The lowest BCUT2D eigenvalue weighted by molar-refractivity contribution is -0.117. The minimum Gasteiger partial charge on any atom is -0.322 e. The lowest BCUT2D eigenvalue weighted by Crippen LogP contribution is -2.44. The summed E-state index contributed by atoms with van der Waals surface area (Å²) in [5.41, 5.74) is 0. The quantitative estimate of drug-likeness (QED) is 0.647. The molecule has 1 aliphatic rings. The largest absolute Gasteiger partial charge is 0.324 e. The minimum atomic E-state index is -0.439. The standard InChI is InChI=1S/C8H13ClN2O2/c1-6-3-2-4-11(6)8(13)10-7(12)5-9/h6H,2-5H2,1H3,(H,10,12,13). The van der Waals surface area contributed by atoms with Crippen LogP contribution in [0.5, 0.6) is 0 Å². The molecule has 0 saturated carbocycles. The van der Waals surface area contributed by atoms with E-state index in [4.69, 9.17) is 11.6 Å². The second-order valence-corrected chi connectivity index (χ2v) is 3.44. The molecule has 0 aliphatic carbocycles. The average Bonchev–Trinajstić information content (AvgIpc) is 2.51. The van der Waals surface area contributed by atoms with E-state index in [1.165, 1.54) is 0 Å². The Kier molecular flexibility index (Phi) is 3.54. The van der Waals surface area contributed by atoms with E-state index < -0.39 is 5.91 Å². The molecule has 5 heteroatoms. The van der Waals surface area contributed by atoms with Crippen molar-refractivity contribution in [3.05, 3.63) is 0 Å². The molecule has 0 aromatic rings. The molecule has 4 nitrogen and oxygen atoms in total. The van der Waals surface area contributed by atoms with Gasteiger partial charge in [-0.2, -0.15) is 0 Å². The fourth-order valence-corrected chi connectivity index (χ4v) is 1.53. The molecule has 3 amide bonds. The van der Waals surface area contributed by atoms with Crippen LogP contribution >= 0.6 is 11.6 Å². The third kappa shape index (κ3) is 2.59. The zero-order valence-corrected chi connectivity index (χ0v) is 8.30. The maximum Gasteiger partial charge on any atom is 0.324 e. The fourth-order valence-electron chi connectivity index (χ4n) is 1.46. The van der Waals surface area contributed by atoms with Gasteiger partial charge >= 0.3 is 6.03 Å². The van der Waals surface area contributed by atoms with E-state index in [-0.39, 0.29) is 18.0 Å². The number of nitrogens with zero attached hydrogens (tertiary/aromatic N) is 1. The molecule has 1 aliphatic heterocycles. The zero-order valence-electron chi connectivity index (χ0n) is 7.55. The van der Waals surface area contributed by atoms with Gasteiger partial charge in [0.2, 0.25) is 5.91 Å². The van der Waals surface area contributed by atoms with Gasteiger partial charge in [-0.3, -0.25) is 10.1 Å². The van der Waals surface area contributed by atoms with Crippen molar-refractivity contribution in [3.8, 4) is 0 Å². The van der Waals surface area contributed by atoms with Crippen molar-refractivity contribution >= 4 is 23.5 Å². The summed E-state index contributed by atoms with van der Waals surface area (Å²) in [6.45, 7) is 2.69. The van der Waals surface area contributed by atoms with Crippen molar-refractivity contribution in [2.24, 2.45) is 0 Å². The van der Waals surface area contributed by atoms with Crippen LogP contribution in [0.2, 0.25) is 0 Å². The number of amides is 3. The van der Waals surface area contributed by atoms with Crippen molar-refractivity contribution in [2.75, 3.05) is 12.4 Å². The number of hydrogen-bond donors (Lipinski definition) is 1. The fraction of sp³-hybridized carbons (Fsp3) is 0.750. The van der Waals surface area contributed by atoms with Crippen molar-refractivity contribution in [2.45, 2.75) is 25.8 Å². The Balaban J connectivity index is 2.43. The van der Waals surface area contributed by atoms with E-state index in [1.807, 2.05) is 6.92 Å². The van der Waals surface area contributed by atoms with E-state index in [0.29, 0.717) is 0 Å². The van der Waals surface area contributed by atoms with Gasteiger partial charge in [0, 0.05) is 12.6 Å². The van der Waals surface area contributed by atoms with Crippen molar-refractivity contribution in [1.29, 1.82) is 0 Å². The summed E-state index contributed by atoms with van der Waals surface area (Å²) in [4.78, 5) is 23.8. The predicted molar refractivity (Wildman–Crippen MR) is 49.7 cm³/mol. The molecule has 1 atom stereocenters. The van der Waals surface area contributed by atoms with E-state index >= 15 is 0 Å². The average molecular weight is 205 g/mol. The summed E-state index contributed by atoms with van der Waals surface area (Å²) in [5, 5.41) is 2.22. The van der Waals surface area contributed by atoms with Crippen LogP contribution < -0.4 is 5.32 Å². The Morgan fingerprint density at radius 2 is 2.31 bits per heavy atom. The summed E-state index contributed by atoms with van der Waals surface area (Å²) in [6.07, 6.45) is 2.01. The Hall–Kier alpha value is -0.770. The normalized spacial score (nSPS) is 21.7. The van der Waals surface area contributed by atoms with E-state index in [2.05, 4.69) is 5.32 Å². The molecule has 1 rings (SSSR count). The number of rotatable bonds is 1. The third-order valence-corrected chi connectivity index (χ3v) is 2.42. The van der Waals surface area contributed by atoms with E-state index in [9.17, 15) is 9.59 Å². The first-order valence-electron chi connectivity index (χ1n) is 4.31. The second kappa shape index (κ2) is 4.46. The Morgan fingerprint density at radius 1 is 1.62 bits per heavy atom. The van der Waals surface area contributed by atoms with Crippen molar-refractivity contribution in [3.63, 3.8) is 0 Å². The molecular weight excluding hydrogens is 192 g/mol. The van der Waals surface area contributed by atoms with Gasteiger partial charge in [0.1, 0.15) is 5.88 Å². The molecule has 0 aromatic carbocycles. The van der Waals surface area contributed by atoms with E-state index in [0.717, 1.165) is 19.4 Å². The van der Waals surface area contributed by atoms with Gasteiger partial charge in [0.25, 0.3) is 0 Å². The van der Waals surface area contributed by atoms with Crippen molar-refractivity contribution in [1.82, 2.24) is 10.2 Å². The molecule has 1 heterocycles. The first-order valence-corrected chi connectivity index (χ1v) is 4.85. The molecule has 74 valence electrons. The topological polar surface area (TPSA) is 49.4 Å². The van der Waals surface area contributed by atoms with Crippen LogP contribution in [-0.4, -0.2) is 35.3 Å². The van der Waals surface area contributed by atoms with Crippen LogP contribution in [0, 0.1) is 0 Å². The summed E-state index contributed by atoms with van der Waals surface area (Å²) in [5.74, 6) is -0.612. The second-order valence-electron chi connectivity index (χ2n) is 3.17. The molecule has 0 aromatic heterocycles. The van der Waals surface area contributed by atoms with Gasteiger partial charge in [-0.1, -0.05) is 0 Å². The highest BCUT2D eigenvalue weighted by molar-refractivity contribution is 6.28. The Bertz CT molecular complexity index is 220. The number of alkyl halides is 1. The van der Waals surface area contributed by atoms with E-state index in [1.54, 1.807) is 4.90 Å². The number of carbonyl (C=O) groups excluding carboxylic acids is 2. The highest BCUT2D eigenvalue weighted by Crippen LogP contribution is 2.15. The zero-order chi connectivity index (χ0) is 9.84. The van der Waals surface area contributed by atoms with Crippen LogP contribution in [0.1, 0.15) is 19.8 Å². The molecule has 0 spiro atoms. The molecule has 1 saturated heterocycles. The number of imide groups is 1. The van der Waals surface area contributed by atoms with Gasteiger partial charge in [-0.05, 0) is 19.8 Å². The molecule has 1 N–H and O–H groups in total. The monoisotopic (exact) mass is 204 g/mol.